The second-order valence-corrected chi connectivity index (χ2v) is 4.92. The molecule has 0 saturated heterocycles. The summed E-state index contributed by atoms with van der Waals surface area (Å²) in [5, 5.41) is -0.211. The molecule has 0 aliphatic rings. The highest BCUT2D eigenvalue weighted by Crippen LogP contribution is 2.24. The van der Waals surface area contributed by atoms with E-state index in [0.29, 0.717) is 0 Å². The highest BCUT2D eigenvalue weighted by atomic mass is 35.5. The predicted octanol–water partition coefficient (Wildman–Crippen LogP) is 1.29. The minimum Gasteiger partial charge on any atom is -0.495 e. The lowest BCUT2D eigenvalue weighted by molar-refractivity contribution is 0.153. The summed E-state index contributed by atoms with van der Waals surface area (Å²) in [6.45, 7) is -1.13. The van der Waals surface area contributed by atoms with Crippen LogP contribution in [0.15, 0.2) is 17.2 Å². The summed E-state index contributed by atoms with van der Waals surface area (Å²) >= 11 is 5.51. The summed E-state index contributed by atoms with van der Waals surface area (Å²) < 4.78 is 74.4. The van der Waals surface area contributed by atoms with Crippen LogP contribution >= 0.6 is 11.6 Å². The number of ether oxygens (including phenoxy) is 1. The lowest BCUT2D eigenvalue weighted by Crippen LogP contribution is -2.29. The van der Waals surface area contributed by atoms with Gasteiger partial charge in [0.2, 0.25) is 10.0 Å². The lowest BCUT2D eigenvalue weighted by Gasteiger charge is -2.09. The summed E-state index contributed by atoms with van der Waals surface area (Å²) in [4.78, 5) is 2.76. The average Bonchev–Trinajstić information content (AvgIpc) is 2.24. The second-order valence-electron chi connectivity index (χ2n) is 2.80. The molecule has 0 amide bonds. The Morgan fingerprint density at radius 1 is 1.71 bits per heavy atom. The van der Waals surface area contributed by atoms with Gasteiger partial charge in [0.15, 0.2) is 0 Å². The number of pyridine rings is 1. The van der Waals surface area contributed by atoms with Crippen LogP contribution < -0.4 is 9.46 Å². The Morgan fingerprint density at radius 2 is 2.41 bits per heavy atom. The Labute approximate surface area is 106 Å². The van der Waals surface area contributed by atoms with Gasteiger partial charge in [-0.2, -0.15) is 0 Å². The zero-order valence-corrected chi connectivity index (χ0v) is 9.73. The molecule has 0 unspecified atom stereocenters. The van der Waals surface area contributed by atoms with E-state index in [2.05, 4.69) is 9.72 Å². The van der Waals surface area contributed by atoms with Crippen LogP contribution in [0.3, 0.4) is 0 Å². The maximum Gasteiger partial charge on any atom is 0.251 e. The van der Waals surface area contributed by atoms with E-state index in [4.69, 9.17) is 15.7 Å². The first-order chi connectivity index (χ1) is 9.01. The fourth-order valence-corrected chi connectivity index (χ4v) is 2.14. The highest BCUT2D eigenvalue weighted by molar-refractivity contribution is 7.89. The van der Waals surface area contributed by atoms with E-state index in [1.165, 1.54) is 0 Å². The molecular weight excluding hydrogens is 278 g/mol. The third kappa shape index (κ3) is 3.76. The first-order valence-corrected chi connectivity index (χ1v) is 6.00. The molecule has 0 aromatic carbocycles. The highest BCUT2D eigenvalue weighted by Gasteiger charge is 2.21. The number of halogens is 3. The molecule has 96 valence electrons. The second kappa shape index (κ2) is 5.56. The number of rotatable bonds is 5. The quantitative estimate of drug-likeness (QED) is 0.829. The average molecular weight is 290 g/mol. The minimum absolute atomic E-state index is 0.211. The van der Waals surface area contributed by atoms with E-state index < -0.39 is 40.7 Å². The molecule has 17 heavy (non-hydrogen) atoms. The molecular formula is C8H9ClF2N2O3S. The molecule has 1 aromatic rings. The molecule has 0 atom stereocenters. The minimum atomic E-state index is -4.40. The molecule has 1 rings (SSSR count). The molecule has 0 aliphatic carbocycles. The molecule has 9 heteroatoms. The summed E-state index contributed by atoms with van der Waals surface area (Å²) in [6, 6.07) is 0.866. The van der Waals surface area contributed by atoms with E-state index in [1.807, 2.05) is 0 Å². The number of alkyl halides is 2. The number of hydrogen-bond donors (Lipinski definition) is 1. The van der Waals surface area contributed by atoms with E-state index in [-0.39, 0.29) is 5.15 Å². The monoisotopic (exact) mass is 289 g/mol. The number of methoxy groups -OCH3 is 1. The zero-order chi connectivity index (χ0) is 15.6. The third-order valence-electron chi connectivity index (χ3n) is 1.63. The number of sulfonamides is 1. The van der Waals surface area contributed by atoms with Crippen LogP contribution in [0.25, 0.3) is 0 Å². The zero-order valence-electron chi connectivity index (χ0n) is 11.2. The molecule has 5 nitrogen and oxygen atoms in total. The van der Waals surface area contributed by atoms with Crippen molar-refractivity contribution >= 4 is 21.6 Å². The van der Waals surface area contributed by atoms with Crippen molar-refractivity contribution < 1.29 is 26.0 Å². The first kappa shape index (κ1) is 9.98. The predicted molar refractivity (Wildman–Crippen MR) is 57.0 cm³/mol. The Kier molecular flexibility index (Phi) is 3.27. The van der Waals surface area contributed by atoms with Crippen molar-refractivity contribution in [1.29, 1.82) is 0 Å². The van der Waals surface area contributed by atoms with Gasteiger partial charge in [-0.25, -0.2) is 26.9 Å². The smallest absolute Gasteiger partial charge is 0.251 e. The van der Waals surface area contributed by atoms with Gasteiger partial charge >= 0.3 is 0 Å². The fraction of sp³-hybridized carbons (Fsp3) is 0.375. The van der Waals surface area contributed by atoms with Gasteiger partial charge in [0.1, 0.15) is 15.8 Å². The summed E-state index contributed by atoms with van der Waals surface area (Å²) in [6.07, 6.45) is -2.19. The summed E-state index contributed by atoms with van der Waals surface area (Å²) in [5.74, 6) is -0.605. The molecule has 0 fully saturated rings. The van der Waals surface area contributed by atoms with E-state index in [1.54, 1.807) is 4.72 Å². The molecule has 0 saturated carbocycles. The van der Waals surface area contributed by atoms with Gasteiger partial charge in [-0.1, -0.05) is 11.6 Å². The van der Waals surface area contributed by atoms with Gasteiger partial charge in [0.25, 0.3) is 6.43 Å². The van der Waals surface area contributed by atoms with Gasteiger partial charge < -0.3 is 4.74 Å². The number of hydrogen-bond acceptors (Lipinski definition) is 4. The summed E-state index contributed by atoms with van der Waals surface area (Å²) in [7, 11) is -7.33. The van der Waals surface area contributed by atoms with E-state index in [9.17, 15) is 17.2 Å². The van der Waals surface area contributed by atoms with E-state index in [0.717, 1.165) is 12.3 Å². The van der Waals surface area contributed by atoms with E-state index >= 15 is 0 Å². The Bertz CT molecular complexity index is 583. The van der Waals surface area contributed by atoms with Crippen molar-refractivity contribution in [2.45, 2.75) is 11.3 Å². The molecule has 1 aromatic heterocycles. The van der Waals surface area contributed by atoms with Gasteiger partial charge in [-0.3, -0.25) is 0 Å². The molecule has 1 heterocycles. The topological polar surface area (TPSA) is 68.3 Å². The SMILES string of the molecule is [2H]C([2H])([2H])Oc1cc(Cl)ncc1S(=O)(=O)NCC(F)F. The maximum atomic E-state index is 12.0. The fourth-order valence-electron chi connectivity index (χ4n) is 0.933. The van der Waals surface area contributed by atoms with Crippen molar-refractivity contribution in [1.82, 2.24) is 9.71 Å². The Morgan fingerprint density at radius 3 is 3.00 bits per heavy atom. The van der Waals surface area contributed by atoms with Crippen LogP contribution in [0.2, 0.25) is 5.15 Å². The normalized spacial score (nSPS) is 15.2. The van der Waals surface area contributed by atoms with Crippen LogP contribution in [-0.2, 0) is 10.0 Å². The van der Waals surface area contributed by atoms with Gasteiger partial charge in [0.05, 0.1) is 23.9 Å². The van der Waals surface area contributed by atoms with Crippen LogP contribution in [-0.4, -0.2) is 33.4 Å². The number of nitrogens with zero attached hydrogens (tertiary/aromatic N) is 1. The number of nitrogens with one attached hydrogen (secondary N) is 1. The molecule has 0 bridgehead atoms. The summed E-state index contributed by atoms with van der Waals surface area (Å²) in [5.41, 5.74) is 0. The molecule has 0 aliphatic heterocycles. The Balaban J connectivity index is 3.17. The third-order valence-corrected chi connectivity index (χ3v) is 3.26. The number of aromatic nitrogens is 1. The molecule has 0 spiro atoms. The van der Waals surface area contributed by atoms with Gasteiger partial charge in [0, 0.05) is 6.07 Å². The maximum absolute atomic E-state index is 12.0. The van der Waals surface area contributed by atoms with Crippen LogP contribution in [0.4, 0.5) is 8.78 Å². The standard InChI is InChI=1S/C8H9ClF2N2O3S/c1-16-5-2-7(9)12-3-6(5)17(14,15)13-4-8(10)11/h2-3,8,13H,4H2,1H3/i1D3. The van der Waals surface area contributed by atoms with Crippen molar-refractivity contribution in [2.24, 2.45) is 0 Å². The first-order valence-electron chi connectivity index (χ1n) is 5.63. The van der Waals surface area contributed by atoms with Gasteiger partial charge in [-0.15, -0.1) is 0 Å². The lowest BCUT2D eigenvalue weighted by atomic mass is 10.4. The van der Waals surface area contributed by atoms with Crippen molar-refractivity contribution in [2.75, 3.05) is 13.6 Å². The van der Waals surface area contributed by atoms with Crippen LogP contribution in [0.5, 0.6) is 5.75 Å². The Hall–Kier alpha value is -0.990. The van der Waals surface area contributed by atoms with Gasteiger partial charge in [-0.05, 0) is 0 Å². The van der Waals surface area contributed by atoms with Crippen LogP contribution in [0, 0.1) is 0 Å². The largest absolute Gasteiger partial charge is 0.495 e. The molecule has 1 N–H and O–H groups in total. The van der Waals surface area contributed by atoms with Crippen molar-refractivity contribution in [3.63, 3.8) is 0 Å². The van der Waals surface area contributed by atoms with Crippen molar-refractivity contribution in [3.8, 4) is 5.75 Å². The van der Waals surface area contributed by atoms with Crippen LogP contribution in [0.1, 0.15) is 4.11 Å². The van der Waals surface area contributed by atoms with Crippen molar-refractivity contribution in [3.05, 3.63) is 17.4 Å². The molecule has 0 radical (unpaired) electrons.